The predicted octanol–water partition coefficient (Wildman–Crippen LogP) is 1.97. The van der Waals surface area contributed by atoms with Gasteiger partial charge in [-0.05, 0) is 44.0 Å². The van der Waals surface area contributed by atoms with E-state index < -0.39 is 5.91 Å². The van der Waals surface area contributed by atoms with E-state index in [4.69, 9.17) is 16.3 Å². The Kier molecular flexibility index (Phi) is 6.70. The number of carbonyl (C=O) groups is 2. The van der Waals surface area contributed by atoms with E-state index in [1.807, 2.05) is 11.5 Å². The van der Waals surface area contributed by atoms with Crippen LogP contribution < -0.4 is 10.9 Å². The number of nitrogens with one attached hydrogen (secondary N) is 2. The molecule has 1 saturated heterocycles. The second kappa shape index (κ2) is 9.20. The molecule has 1 aromatic heterocycles. The molecule has 27 heavy (non-hydrogen) atoms. The van der Waals surface area contributed by atoms with Crippen molar-refractivity contribution in [1.29, 1.82) is 0 Å². The summed E-state index contributed by atoms with van der Waals surface area (Å²) in [6.45, 7) is 3.33. The summed E-state index contributed by atoms with van der Waals surface area (Å²) < 4.78 is 7.61. The van der Waals surface area contributed by atoms with Crippen LogP contribution in [0.3, 0.4) is 0 Å². The van der Waals surface area contributed by atoms with Crippen LogP contribution in [0, 0.1) is 6.92 Å². The van der Waals surface area contributed by atoms with E-state index in [-0.39, 0.29) is 17.8 Å². The van der Waals surface area contributed by atoms with Gasteiger partial charge in [0.05, 0.1) is 18.4 Å². The van der Waals surface area contributed by atoms with Gasteiger partial charge >= 0.3 is 0 Å². The van der Waals surface area contributed by atoms with Crippen molar-refractivity contribution in [2.45, 2.75) is 37.6 Å². The maximum absolute atomic E-state index is 12.0. The Morgan fingerprint density at radius 3 is 2.78 bits per heavy atom. The SMILES string of the molecule is Cc1nnc(SCC(=O)NNC(=O)c2ccc(Cl)cc2)n1C[C@H]1CCCO1. The average molecular weight is 410 g/mol. The smallest absolute Gasteiger partial charge is 0.269 e. The largest absolute Gasteiger partial charge is 0.376 e. The summed E-state index contributed by atoms with van der Waals surface area (Å²) >= 11 is 7.05. The molecule has 10 heteroatoms. The van der Waals surface area contributed by atoms with Gasteiger partial charge in [-0.15, -0.1) is 10.2 Å². The third kappa shape index (κ3) is 5.44. The summed E-state index contributed by atoms with van der Waals surface area (Å²) in [7, 11) is 0. The number of hydrogen-bond donors (Lipinski definition) is 2. The molecule has 1 aromatic carbocycles. The fourth-order valence-corrected chi connectivity index (χ4v) is 3.56. The number of rotatable bonds is 6. The quantitative estimate of drug-likeness (QED) is 0.559. The number of ether oxygens (including phenoxy) is 1. The molecule has 3 rings (SSSR count). The van der Waals surface area contributed by atoms with E-state index >= 15 is 0 Å². The zero-order valence-electron chi connectivity index (χ0n) is 14.8. The van der Waals surface area contributed by atoms with E-state index in [2.05, 4.69) is 21.0 Å². The predicted molar refractivity (Wildman–Crippen MR) is 102 cm³/mol. The Morgan fingerprint density at radius 2 is 2.07 bits per heavy atom. The third-order valence-corrected chi connectivity index (χ3v) is 5.28. The Morgan fingerprint density at radius 1 is 1.30 bits per heavy atom. The van der Waals surface area contributed by atoms with Crippen LogP contribution in [-0.4, -0.2) is 45.0 Å². The van der Waals surface area contributed by atoms with Gasteiger partial charge in [-0.2, -0.15) is 0 Å². The van der Waals surface area contributed by atoms with Gasteiger partial charge in [0.1, 0.15) is 5.82 Å². The maximum atomic E-state index is 12.0. The average Bonchev–Trinajstić information content (AvgIpc) is 3.30. The Hall–Kier alpha value is -2.10. The molecule has 1 aliphatic heterocycles. The molecular weight excluding hydrogens is 390 g/mol. The highest BCUT2D eigenvalue weighted by molar-refractivity contribution is 7.99. The standard InChI is InChI=1S/C17H20ClN5O3S/c1-11-19-22-17(23(11)9-14-3-2-8-26-14)27-10-15(24)20-21-16(25)12-4-6-13(18)7-5-12/h4-7,14H,2-3,8-10H2,1H3,(H,20,24)(H,21,25)/t14-/m1/s1. The lowest BCUT2D eigenvalue weighted by Crippen LogP contribution is -2.42. The molecule has 2 heterocycles. The van der Waals surface area contributed by atoms with Gasteiger partial charge in [-0.25, -0.2) is 0 Å². The lowest BCUT2D eigenvalue weighted by atomic mass is 10.2. The van der Waals surface area contributed by atoms with Crippen LogP contribution >= 0.6 is 23.4 Å². The first-order valence-corrected chi connectivity index (χ1v) is 9.88. The second-order valence-corrected chi connectivity index (χ2v) is 7.45. The van der Waals surface area contributed by atoms with Gasteiger partial charge < -0.3 is 9.30 Å². The van der Waals surface area contributed by atoms with Gasteiger partial charge in [-0.3, -0.25) is 20.4 Å². The van der Waals surface area contributed by atoms with Crippen molar-refractivity contribution in [3.05, 3.63) is 40.7 Å². The number of aryl methyl sites for hydroxylation is 1. The zero-order chi connectivity index (χ0) is 19.2. The van der Waals surface area contributed by atoms with E-state index in [9.17, 15) is 9.59 Å². The van der Waals surface area contributed by atoms with Crippen LogP contribution in [0.25, 0.3) is 0 Å². The van der Waals surface area contributed by atoms with Crippen molar-refractivity contribution in [2.24, 2.45) is 0 Å². The third-order valence-electron chi connectivity index (χ3n) is 4.07. The van der Waals surface area contributed by atoms with Gasteiger partial charge in [0.25, 0.3) is 5.91 Å². The molecule has 0 radical (unpaired) electrons. The summed E-state index contributed by atoms with van der Waals surface area (Å²) in [5.41, 5.74) is 5.17. The number of hydrogen-bond acceptors (Lipinski definition) is 6. The van der Waals surface area contributed by atoms with E-state index in [1.54, 1.807) is 24.3 Å². The molecule has 8 nitrogen and oxygen atoms in total. The number of aromatic nitrogens is 3. The minimum atomic E-state index is -0.414. The number of nitrogens with zero attached hydrogens (tertiary/aromatic N) is 3. The molecule has 0 saturated carbocycles. The molecule has 0 unspecified atom stereocenters. The number of hydrazine groups is 1. The first-order valence-electron chi connectivity index (χ1n) is 8.52. The Bertz CT molecular complexity index is 805. The highest BCUT2D eigenvalue weighted by atomic mass is 35.5. The fourth-order valence-electron chi connectivity index (χ4n) is 2.64. The van der Waals surface area contributed by atoms with Crippen LogP contribution in [0.15, 0.2) is 29.4 Å². The number of amides is 2. The van der Waals surface area contributed by atoms with Crippen LogP contribution in [0.2, 0.25) is 5.02 Å². The van der Waals surface area contributed by atoms with Gasteiger partial charge in [-0.1, -0.05) is 23.4 Å². The number of carbonyl (C=O) groups excluding carboxylic acids is 2. The fraction of sp³-hybridized carbons (Fsp3) is 0.412. The molecule has 1 aliphatic rings. The van der Waals surface area contributed by atoms with E-state index in [0.717, 1.165) is 25.3 Å². The number of benzene rings is 1. The van der Waals surface area contributed by atoms with Crippen molar-refractivity contribution < 1.29 is 14.3 Å². The van der Waals surface area contributed by atoms with Crippen molar-refractivity contribution in [2.75, 3.05) is 12.4 Å². The summed E-state index contributed by atoms with van der Waals surface area (Å²) in [5.74, 6) is 0.128. The highest BCUT2D eigenvalue weighted by Gasteiger charge is 2.20. The second-order valence-electron chi connectivity index (χ2n) is 6.07. The zero-order valence-corrected chi connectivity index (χ0v) is 16.3. The molecule has 2 amide bonds. The van der Waals surface area contributed by atoms with E-state index in [0.29, 0.717) is 22.3 Å². The molecule has 0 bridgehead atoms. The summed E-state index contributed by atoms with van der Waals surface area (Å²) in [6.07, 6.45) is 2.23. The van der Waals surface area contributed by atoms with Gasteiger partial charge in [0, 0.05) is 17.2 Å². The summed E-state index contributed by atoms with van der Waals surface area (Å²) in [6, 6.07) is 6.37. The van der Waals surface area contributed by atoms with Crippen LogP contribution in [-0.2, 0) is 16.1 Å². The molecule has 144 valence electrons. The topological polar surface area (TPSA) is 98.1 Å². The molecule has 2 N–H and O–H groups in total. The Labute approximate surface area is 166 Å². The number of halogens is 1. The molecule has 0 aliphatic carbocycles. The first kappa shape index (κ1) is 19.7. The monoisotopic (exact) mass is 409 g/mol. The van der Waals surface area contributed by atoms with Crippen molar-refractivity contribution in [1.82, 2.24) is 25.6 Å². The molecule has 1 atom stereocenters. The molecule has 2 aromatic rings. The van der Waals surface area contributed by atoms with Crippen LogP contribution in [0.4, 0.5) is 0 Å². The summed E-state index contributed by atoms with van der Waals surface area (Å²) in [5, 5.41) is 9.39. The van der Waals surface area contributed by atoms with Crippen LogP contribution in [0.1, 0.15) is 29.0 Å². The molecule has 1 fully saturated rings. The van der Waals surface area contributed by atoms with Crippen LogP contribution in [0.5, 0.6) is 0 Å². The minimum absolute atomic E-state index is 0.102. The lowest BCUT2D eigenvalue weighted by molar-refractivity contribution is -0.119. The van der Waals surface area contributed by atoms with Crippen molar-refractivity contribution >= 4 is 35.2 Å². The highest BCUT2D eigenvalue weighted by Crippen LogP contribution is 2.20. The molecule has 0 spiro atoms. The van der Waals surface area contributed by atoms with Crippen molar-refractivity contribution in [3.8, 4) is 0 Å². The summed E-state index contributed by atoms with van der Waals surface area (Å²) in [4.78, 5) is 24.0. The minimum Gasteiger partial charge on any atom is -0.376 e. The van der Waals surface area contributed by atoms with Gasteiger partial charge in [0.2, 0.25) is 5.91 Å². The lowest BCUT2D eigenvalue weighted by Gasteiger charge is -2.13. The number of thioether (sulfide) groups is 1. The Balaban J connectivity index is 1.47. The first-order chi connectivity index (χ1) is 13.0. The normalized spacial score (nSPS) is 16.3. The van der Waals surface area contributed by atoms with Gasteiger partial charge in [0.15, 0.2) is 5.16 Å². The molecular formula is C17H20ClN5O3S. The van der Waals surface area contributed by atoms with Crippen molar-refractivity contribution in [3.63, 3.8) is 0 Å². The van der Waals surface area contributed by atoms with E-state index in [1.165, 1.54) is 11.8 Å². The maximum Gasteiger partial charge on any atom is 0.269 e.